The first kappa shape index (κ1) is 19.5. The zero-order valence-electron chi connectivity index (χ0n) is 15.9. The number of aromatic nitrogens is 3. The number of hydrogen-bond donors (Lipinski definition) is 2. The van der Waals surface area contributed by atoms with Gasteiger partial charge in [0.1, 0.15) is 0 Å². The summed E-state index contributed by atoms with van der Waals surface area (Å²) < 4.78 is 16.5. The summed E-state index contributed by atoms with van der Waals surface area (Å²) in [5.74, 6) is -1.51. The van der Waals surface area contributed by atoms with Crippen LogP contribution >= 0.6 is 0 Å². The number of aryl methyl sites for hydroxylation is 1. The van der Waals surface area contributed by atoms with Gasteiger partial charge in [0.05, 0.1) is 17.5 Å². The highest BCUT2D eigenvalue weighted by molar-refractivity contribution is 6.00. The lowest BCUT2D eigenvalue weighted by molar-refractivity contribution is -0.127. The van der Waals surface area contributed by atoms with Gasteiger partial charge in [0, 0.05) is 43.5 Å². The first-order valence-electron chi connectivity index (χ1n) is 8.98. The first-order chi connectivity index (χ1) is 13.3. The topological polar surface area (TPSA) is 106 Å². The van der Waals surface area contributed by atoms with Crippen LogP contribution in [0.25, 0.3) is 11.3 Å². The number of likely N-dealkylation sites (tertiary alicyclic amines) is 1. The van der Waals surface area contributed by atoms with E-state index in [4.69, 9.17) is 5.73 Å². The second-order valence-electron chi connectivity index (χ2n) is 6.86. The van der Waals surface area contributed by atoms with E-state index in [-0.39, 0.29) is 34.6 Å². The summed E-state index contributed by atoms with van der Waals surface area (Å²) in [6.07, 6.45) is 6.04. The molecular weight excluding hydrogens is 363 g/mol. The third-order valence-corrected chi connectivity index (χ3v) is 4.85. The highest BCUT2D eigenvalue weighted by Gasteiger charge is 2.26. The molecule has 2 amide bonds. The summed E-state index contributed by atoms with van der Waals surface area (Å²) >= 11 is 0. The number of anilines is 1. The van der Waals surface area contributed by atoms with Gasteiger partial charge >= 0.3 is 0 Å². The minimum atomic E-state index is -0.755. The molecule has 2 aromatic heterocycles. The second kappa shape index (κ2) is 7.79. The van der Waals surface area contributed by atoms with Gasteiger partial charge in [-0.15, -0.1) is 0 Å². The molecule has 8 nitrogen and oxygen atoms in total. The quantitative estimate of drug-likeness (QED) is 0.760. The Bertz CT molecular complexity index is 939. The summed E-state index contributed by atoms with van der Waals surface area (Å²) in [5.41, 5.74) is 6.48. The van der Waals surface area contributed by atoms with Gasteiger partial charge in [0.25, 0.3) is 5.91 Å². The van der Waals surface area contributed by atoms with Crippen LogP contribution in [0.2, 0.25) is 0 Å². The third-order valence-electron chi connectivity index (χ3n) is 4.85. The molecule has 1 fully saturated rings. The van der Waals surface area contributed by atoms with Crippen LogP contribution in [0.4, 0.5) is 10.2 Å². The standard InChI is InChI=1S/C19H23FN6O2/c1-4-14(27)26-7-5-6-13(10-26)23-19-16(20)11(2)15(18(21)28)17(24-19)12-8-22-25(3)9-12/h4,8-9,13H,1,5-7,10H2,2-3H3,(H2,21,28)(H,23,24)/t13-/m1/s1. The minimum absolute atomic E-state index is 0.0271. The number of rotatable bonds is 5. The smallest absolute Gasteiger partial charge is 0.251 e. The number of carbonyl (C=O) groups is 2. The number of amides is 2. The number of carbonyl (C=O) groups excluding carboxylic acids is 2. The number of piperidine rings is 1. The van der Waals surface area contributed by atoms with Gasteiger partial charge in [0.15, 0.2) is 11.6 Å². The van der Waals surface area contributed by atoms with Crippen LogP contribution in [-0.2, 0) is 11.8 Å². The lowest BCUT2D eigenvalue weighted by Gasteiger charge is -2.33. The van der Waals surface area contributed by atoms with Crippen LogP contribution in [-0.4, -0.2) is 50.6 Å². The molecule has 0 radical (unpaired) electrons. The molecule has 2 aromatic rings. The van der Waals surface area contributed by atoms with E-state index in [2.05, 4.69) is 22.0 Å². The second-order valence-corrected chi connectivity index (χ2v) is 6.86. The number of primary amides is 1. The number of nitrogens with zero attached hydrogens (tertiary/aromatic N) is 4. The Labute approximate surface area is 162 Å². The highest BCUT2D eigenvalue weighted by atomic mass is 19.1. The SMILES string of the molecule is C=CC(=O)N1CCC[C@@H](Nc2nc(-c3cnn(C)c3)c(C(N)=O)c(C)c2F)C1. The van der Waals surface area contributed by atoms with Gasteiger partial charge in [-0.1, -0.05) is 6.58 Å². The molecule has 1 aliphatic heterocycles. The maximum absolute atomic E-state index is 14.9. The van der Waals surface area contributed by atoms with Crippen molar-refractivity contribution in [2.45, 2.75) is 25.8 Å². The zero-order chi connectivity index (χ0) is 20.4. The van der Waals surface area contributed by atoms with E-state index >= 15 is 0 Å². The van der Waals surface area contributed by atoms with Crippen LogP contribution in [0.3, 0.4) is 0 Å². The van der Waals surface area contributed by atoms with E-state index in [1.54, 1.807) is 29.0 Å². The highest BCUT2D eigenvalue weighted by Crippen LogP contribution is 2.30. The Morgan fingerprint density at radius 3 is 2.82 bits per heavy atom. The number of halogens is 1. The lowest BCUT2D eigenvalue weighted by atomic mass is 10.0. The predicted molar refractivity (Wildman–Crippen MR) is 103 cm³/mol. The molecule has 3 N–H and O–H groups in total. The number of nitrogens with one attached hydrogen (secondary N) is 1. The average Bonchev–Trinajstić information content (AvgIpc) is 3.10. The van der Waals surface area contributed by atoms with Crippen LogP contribution in [0.1, 0.15) is 28.8 Å². The molecule has 148 valence electrons. The lowest BCUT2D eigenvalue weighted by Crippen LogP contribution is -2.44. The number of hydrogen-bond acceptors (Lipinski definition) is 5. The summed E-state index contributed by atoms with van der Waals surface area (Å²) in [6.45, 7) is 6.06. The van der Waals surface area contributed by atoms with Gasteiger partial charge in [-0.3, -0.25) is 14.3 Å². The Hall–Kier alpha value is -3.23. The average molecular weight is 386 g/mol. The summed E-state index contributed by atoms with van der Waals surface area (Å²) in [6, 6.07) is -0.166. The van der Waals surface area contributed by atoms with Crippen molar-refractivity contribution in [3.05, 3.63) is 42.0 Å². The Kier molecular flexibility index (Phi) is 5.43. The van der Waals surface area contributed by atoms with Crippen LogP contribution < -0.4 is 11.1 Å². The molecule has 9 heteroatoms. The maximum atomic E-state index is 14.9. The predicted octanol–water partition coefficient (Wildman–Crippen LogP) is 1.62. The van der Waals surface area contributed by atoms with Crippen molar-refractivity contribution in [3.63, 3.8) is 0 Å². The van der Waals surface area contributed by atoms with Crippen molar-refractivity contribution in [1.29, 1.82) is 0 Å². The maximum Gasteiger partial charge on any atom is 0.251 e. The molecule has 1 saturated heterocycles. The van der Waals surface area contributed by atoms with E-state index in [1.165, 1.54) is 13.0 Å². The van der Waals surface area contributed by atoms with E-state index in [0.29, 0.717) is 18.7 Å². The molecule has 0 aliphatic carbocycles. The summed E-state index contributed by atoms with van der Waals surface area (Å²) in [5, 5.41) is 7.17. The van der Waals surface area contributed by atoms with Crippen molar-refractivity contribution in [1.82, 2.24) is 19.7 Å². The van der Waals surface area contributed by atoms with Gasteiger partial charge in [-0.05, 0) is 25.8 Å². The van der Waals surface area contributed by atoms with E-state index in [1.807, 2.05) is 0 Å². The fraction of sp³-hybridized carbons (Fsp3) is 0.368. The summed E-state index contributed by atoms with van der Waals surface area (Å²) in [7, 11) is 1.73. The van der Waals surface area contributed by atoms with Crippen LogP contribution in [0.5, 0.6) is 0 Å². The third kappa shape index (κ3) is 3.73. The normalized spacial score (nSPS) is 16.7. The molecule has 0 aromatic carbocycles. The monoisotopic (exact) mass is 386 g/mol. The van der Waals surface area contributed by atoms with Gasteiger partial charge in [0.2, 0.25) is 5.91 Å². The first-order valence-corrected chi connectivity index (χ1v) is 8.98. The number of pyridine rings is 1. The fourth-order valence-corrected chi connectivity index (χ4v) is 3.45. The van der Waals surface area contributed by atoms with E-state index < -0.39 is 11.7 Å². The summed E-state index contributed by atoms with van der Waals surface area (Å²) in [4.78, 5) is 29.8. The van der Waals surface area contributed by atoms with Crippen molar-refractivity contribution >= 4 is 17.6 Å². The van der Waals surface area contributed by atoms with E-state index in [0.717, 1.165) is 12.8 Å². The zero-order valence-corrected chi connectivity index (χ0v) is 15.9. The Balaban J connectivity index is 1.97. The molecule has 1 atom stereocenters. The fourth-order valence-electron chi connectivity index (χ4n) is 3.45. The van der Waals surface area contributed by atoms with Crippen molar-refractivity contribution in [2.24, 2.45) is 12.8 Å². The molecule has 0 unspecified atom stereocenters. The molecule has 3 heterocycles. The Morgan fingerprint density at radius 1 is 1.46 bits per heavy atom. The van der Waals surface area contributed by atoms with Crippen LogP contribution in [0.15, 0.2) is 25.0 Å². The molecule has 3 rings (SSSR count). The molecule has 0 bridgehead atoms. The molecule has 1 aliphatic rings. The molecular formula is C19H23FN6O2. The largest absolute Gasteiger partial charge is 0.366 e. The van der Waals surface area contributed by atoms with Gasteiger partial charge < -0.3 is 16.0 Å². The van der Waals surface area contributed by atoms with Crippen LogP contribution in [0, 0.1) is 12.7 Å². The van der Waals surface area contributed by atoms with Crippen molar-refractivity contribution in [3.8, 4) is 11.3 Å². The van der Waals surface area contributed by atoms with Crippen molar-refractivity contribution < 1.29 is 14.0 Å². The van der Waals surface area contributed by atoms with Gasteiger partial charge in [-0.2, -0.15) is 5.10 Å². The van der Waals surface area contributed by atoms with Gasteiger partial charge in [-0.25, -0.2) is 9.37 Å². The molecule has 28 heavy (non-hydrogen) atoms. The minimum Gasteiger partial charge on any atom is -0.366 e. The molecule has 0 spiro atoms. The van der Waals surface area contributed by atoms with E-state index in [9.17, 15) is 14.0 Å². The Morgan fingerprint density at radius 2 is 2.21 bits per heavy atom. The van der Waals surface area contributed by atoms with Crippen molar-refractivity contribution in [2.75, 3.05) is 18.4 Å². The molecule has 0 saturated carbocycles. The number of nitrogens with two attached hydrogens (primary N) is 1.